The minimum Gasteiger partial charge on any atom is -0.332 e. The van der Waals surface area contributed by atoms with E-state index in [0.29, 0.717) is 27.6 Å². The Morgan fingerprint density at radius 1 is 0.850 bits per heavy atom. The van der Waals surface area contributed by atoms with Gasteiger partial charge >= 0.3 is 0 Å². The van der Waals surface area contributed by atoms with Gasteiger partial charge in [-0.2, -0.15) is 0 Å². The van der Waals surface area contributed by atoms with E-state index in [0.717, 1.165) is 0 Å². The van der Waals surface area contributed by atoms with Crippen molar-refractivity contribution in [1.82, 2.24) is 0 Å². The van der Waals surface area contributed by atoms with Gasteiger partial charge in [-0.05, 0) is 73.6 Å². The Balaban J connectivity index is 2.04. The fraction of sp³-hybridized carbons (Fsp3) is 0.133. The SMILES string of the molecule is Cc1cc(NC(=S)Nc2ccc(F)c(C)c2)ccc1F. The summed E-state index contributed by atoms with van der Waals surface area (Å²) in [6, 6.07) is 9.29. The molecule has 0 unspecified atom stereocenters. The van der Waals surface area contributed by atoms with Crippen LogP contribution in [0, 0.1) is 25.5 Å². The molecule has 0 aliphatic carbocycles. The first kappa shape index (κ1) is 14.4. The molecule has 5 heteroatoms. The number of aryl methyl sites for hydroxylation is 2. The predicted molar refractivity (Wildman–Crippen MR) is 82.1 cm³/mol. The van der Waals surface area contributed by atoms with Gasteiger partial charge < -0.3 is 10.6 Å². The van der Waals surface area contributed by atoms with E-state index >= 15 is 0 Å². The number of benzene rings is 2. The number of anilines is 2. The van der Waals surface area contributed by atoms with Gasteiger partial charge in [0, 0.05) is 11.4 Å². The molecule has 0 fully saturated rings. The maximum absolute atomic E-state index is 13.2. The van der Waals surface area contributed by atoms with Gasteiger partial charge in [0.2, 0.25) is 0 Å². The van der Waals surface area contributed by atoms with Crippen LogP contribution in [0.25, 0.3) is 0 Å². The Labute approximate surface area is 121 Å². The maximum atomic E-state index is 13.2. The van der Waals surface area contributed by atoms with Gasteiger partial charge in [-0.25, -0.2) is 8.78 Å². The van der Waals surface area contributed by atoms with Gasteiger partial charge in [0.15, 0.2) is 5.11 Å². The lowest BCUT2D eigenvalue weighted by Crippen LogP contribution is -2.19. The molecule has 0 amide bonds. The van der Waals surface area contributed by atoms with Crippen molar-refractivity contribution in [3.05, 3.63) is 59.2 Å². The Morgan fingerprint density at radius 3 is 1.60 bits per heavy atom. The molecule has 2 N–H and O–H groups in total. The van der Waals surface area contributed by atoms with Crippen LogP contribution in [0.1, 0.15) is 11.1 Å². The molecule has 0 saturated heterocycles. The minimum atomic E-state index is -0.261. The normalized spacial score (nSPS) is 10.2. The van der Waals surface area contributed by atoms with Crippen LogP contribution >= 0.6 is 12.2 Å². The lowest BCUT2D eigenvalue weighted by molar-refractivity contribution is 0.618. The molecule has 0 saturated carbocycles. The summed E-state index contributed by atoms with van der Waals surface area (Å²) in [7, 11) is 0. The molecule has 2 nitrogen and oxygen atoms in total. The molecule has 0 aliphatic heterocycles. The molecular formula is C15H14F2N2S. The summed E-state index contributed by atoms with van der Waals surface area (Å²) in [6.45, 7) is 3.36. The first-order valence-electron chi connectivity index (χ1n) is 6.06. The fourth-order valence-corrected chi connectivity index (χ4v) is 1.97. The monoisotopic (exact) mass is 292 g/mol. The van der Waals surface area contributed by atoms with E-state index in [1.165, 1.54) is 12.1 Å². The van der Waals surface area contributed by atoms with Gasteiger partial charge in [-0.15, -0.1) is 0 Å². The highest BCUT2D eigenvalue weighted by Gasteiger charge is 2.03. The average molecular weight is 292 g/mol. The van der Waals surface area contributed by atoms with Crippen molar-refractivity contribution in [2.45, 2.75) is 13.8 Å². The first-order valence-corrected chi connectivity index (χ1v) is 6.47. The molecule has 20 heavy (non-hydrogen) atoms. The fourth-order valence-electron chi connectivity index (χ4n) is 1.74. The summed E-state index contributed by atoms with van der Waals surface area (Å²) in [5.41, 5.74) is 2.46. The van der Waals surface area contributed by atoms with E-state index in [4.69, 9.17) is 12.2 Å². The Bertz CT molecular complexity index is 601. The number of nitrogens with one attached hydrogen (secondary N) is 2. The van der Waals surface area contributed by atoms with Gasteiger partial charge in [-0.1, -0.05) is 0 Å². The highest BCUT2D eigenvalue weighted by atomic mass is 32.1. The minimum absolute atomic E-state index is 0.261. The van der Waals surface area contributed by atoms with E-state index in [9.17, 15) is 8.78 Å². The van der Waals surface area contributed by atoms with Crippen LogP contribution < -0.4 is 10.6 Å². The third kappa shape index (κ3) is 3.51. The van der Waals surface area contributed by atoms with Gasteiger partial charge in [0.1, 0.15) is 11.6 Å². The molecule has 2 aromatic rings. The molecule has 0 aliphatic rings. The third-order valence-corrected chi connectivity index (χ3v) is 3.04. The summed E-state index contributed by atoms with van der Waals surface area (Å²) in [6.07, 6.45) is 0. The van der Waals surface area contributed by atoms with Crippen molar-refractivity contribution in [2.24, 2.45) is 0 Å². The summed E-state index contributed by atoms with van der Waals surface area (Å²) >= 11 is 5.16. The first-order chi connectivity index (χ1) is 9.45. The molecular weight excluding hydrogens is 278 g/mol. The van der Waals surface area contributed by atoms with Crippen LogP contribution in [0.2, 0.25) is 0 Å². The molecule has 0 bridgehead atoms. The number of thiocarbonyl (C=S) groups is 1. The standard InChI is InChI=1S/C15H14F2N2S/c1-9-7-11(3-5-13(9)16)18-15(20)19-12-4-6-14(17)10(2)8-12/h3-8H,1-2H3,(H2,18,19,20). The van der Waals surface area contributed by atoms with Crippen molar-refractivity contribution in [2.75, 3.05) is 10.6 Å². The largest absolute Gasteiger partial charge is 0.332 e. The van der Waals surface area contributed by atoms with Crippen LogP contribution in [-0.2, 0) is 0 Å². The quantitative estimate of drug-likeness (QED) is 0.803. The molecule has 0 radical (unpaired) electrons. The van der Waals surface area contributed by atoms with E-state index in [1.807, 2.05) is 0 Å². The zero-order valence-electron chi connectivity index (χ0n) is 11.1. The molecule has 0 heterocycles. The molecule has 104 valence electrons. The third-order valence-electron chi connectivity index (χ3n) is 2.83. The molecule has 0 aromatic heterocycles. The lowest BCUT2D eigenvalue weighted by Gasteiger charge is -2.12. The average Bonchev–Trinajstić information content (AvgIpc) is 2.38. The molecule has 2 aromatic carbocycles. The van der Waals surface area contributed by atoms with Crippen LogP contribution in [-0.4, -0.2) is 5.11 Å². The molecule has 0 spiro atoms. The van der Waals surface area contributed by atoms with E-state index in [2.05, 4.69) is 10.6 Å². The highest BCUT2D eigenvalue weighted by molar-refractivity contribution is 7.80. The second-order valence-electron chi connectivity index (χ2n) is 4.51. The summed E-state index contributed by atoms with van der Waals surface area (Å²) in [4.78, 5) is 0. The highest BCUT2D eigenvalue weighted by Crippen LogP contribution is 2.16. The number of rotatable bonds is 2. The summed E-state index contributed by atoms with van der Waals surface area (Å²) in [5.74, 6) is -0.521. The molecule has 2 rings (SSSR count). The van der Waals surface area contributed by atoms with Crippen LogP contribution in [0.15, 0.2) is 36.4 Å². The van der Waals surface area contributed by atoms with Crippen molar-refractivity contribution in [3.8, 4) is 0 Å². The maximum Gasteiger partial charge on any atom is 0.175 e. The van der Waals surface area contributed by atoms with Crippen molar-refractivity contribution < 1.29 is 8.78 Å². The second kappa shape index (κ2) is 5.96. The summed E-state index contributed by atoms with van der Waals surface area (Å²) < 4.78 is 26.3. The second-order valence-corrected chi connectivity index (χ2v) is 4.92. The van der Waals surface area contributed by atoms with Crippen molar-refractivity contribution in [1.29, 1.82) is 0 Å². The Kier molecular flexibility index (Phi) is 4.29. The zero-order chi connectivity index (χ0) is 14.7. The number of hydrogen-bond donors (Lipinski definition) is 2. The van der Waals surface area contributed by atoms with Crippen LogP contribution in [0.3, 0.4) is 0 Å². The van der Waals surface area contributed by atoms with E-state index < -0.39 is 0 Å². The van der Waals surface area contributed by atoms with Crippen molar-refractivity contribution >= 4 is 28.7 Å². The number of halogens is 2. The lowest BCUT2D eigenvalue weighted by atomic mass is 10.2. The molecule has 0 atom stereocenters. The number of hydrogen-bond acceptors (Lipinski definition) is 1. The summed E-state index contributed by atoms with van der Waals surface area (Å²) in [5, 5.41) is 6.27. The van der Waals surface area contributed by atoms with Crippen LogP contribution in [0.4, 0.5) is 20.2 Å². The zero-order valence-corrected chi connectivity index (χ0v) is 11.9. The predicted octanol–water partition coefficient (Wildman–Crippen LogP) is 4.39. The van der Waals surface area contributed by atoms with Gasteiger partial charge in [0.25, 0.3) is 0 Å². The Morgan fingerprint density at radius 2 is 1.25 bits per heavy atom. The van der Waals surface area contributed by atoms with Gasteiger partial charge in [0.05, 0.1) is 0 Å². The van der Waals surface area contributed by atoms with E-state index in [-0.39, 0.29) is 11.6 Å². The van der Waals surface area contributed by atoms with E-state index in [1.54, 1.807) is 38.1 Å². The Hall–Kier alpha value is -2.01. The smallest absolute Gasteiger partial charge is 0.175 e. The van der Waals surface area contributed by atoms with Gasteiger partial charge in [-0.3, -0.25) is 0 Å². The van der Waals surface area contributed by atoms with Crippen molar-refractivity contribution in [3.63, 3.8) is 0 Å². The van der Waals surface area contributed by atoms with Crippen LogP contribution in [0.5, 0.6) is 0 Å². The topological polar surface area (TPSA) is 24.1 Å².